The number of aryl methyl sites for hydroxylation is 2. The van der Waals surface area contributed by atoms with E-state index in [2.05, 4.69) is 15.8 Å². The fraction of sp³-hybridized carbons (Fsp3) is 0.222. The van der Waals surface area contributed by atoms with Crippen molar-refractivity contribution in [2.24, 2.45) is 5.10 Å². The Morgan fingerprint density at radius 2 is 1.73 bits per heavy atom. The van der Waals surface area contributed by atoms with Crippen molar-refractivity contribution in [3.8, 4) is 0 Å². The SMILES string of the molecule is CC(=NNC(=O)CNc1ccccc1C)c1ccc(C)cc1. The number of anilines is 1. The molecule has 0 aliphatic carbocycles. The fourth-order valence-corrected chi connectivity index (χ4v) is 1.99. The zero-order valence-electron chi connectivity index (χ0n) is 13.2. The largest absolute Gasteiger partial charge is 0.376 e. The van der Waals surface area contributed by atoms with Crippen LogP contribution in [-0.4, -0.2) is 18.2 Å². The van der Waals surface area contributed by atoms with Crippen molar-refractivity contribution in [3.63, 3.8) is 0 Å². The molecule has 0 unspecified atom stereocenters. The van der Waals surface area contributed by atoms with Crippen LogP contribution in [0, 0.1) is 13.8 Å². The minimum absolute atomic E-state index is 0.172. The van der Waals surface area contributed by atoms with E-state index in [1.807, 2.05) is 69.3 Å². The molecule has 0 aliphatic heterocycles. The summed E-state index contributed by atoms with van der Waals surface area (Å²) in [5.74, 6) is -0.172. The molecule has 0 fully saturated rings. The maximum atomic E-state index is 11.8. The number of nitrogens with zero attached hydrogens (tertiary/aromatic N) is 1. The van der Waals surface area contributed by atoms with Crippen LogP contribution in [0.3, 0.4) is 0 Å². The monoisotopic (exact) mass is 295 g/mol. The molecule has 0 aliphatic rings. The Bertz CT molecular complexity index is 675. The Hall–Kier alpha value is -2.62. The Kier molecular flexibility index (Phi) is 5.31. The first-order chi connectivity index (χ1) is 10.6. The number of hydrogen-bond donors (Lipinski definition) is 2. The van der Waals surface area contributed by atoms with Gasteiger partial charge in [0.15, 0.2) is 0 Å². The van der Waals surface area contributed by atoms with Gasteiger partial charge < -0.3 is 5.32 Å². The van der Waals surface area contributed by atoms with Gasteiger partial charge in [0.1, 0.15) is 0 Å². The van der Waals surface area contributed by atoms with E-state index in [4.69, 9.17) is 0 Å². The molecule has 1 amide bonds. The van der Waals surface area contributed by atoms with Gasteiger partial charge in [-0.2, -0.15) is 5.10 Å². The number of benzene rings is 2. The highest BCUT2D eigenvalue weighted by molar-refractivity contribution is 5.99. The molecule has 2 N–H and O–H groups in total. The minimum Gasteiger partial charge on any atom is -0.376 e. The van der Waals surface area contributed by atoms with Crippen LogP contribution in [0.5, 0.6) is 0 Å². The topological polar surface area (TPSA) is 53.5 Å². The van der Waals surface area contributed by atoms with Crippen molar-refractivity contribution in [2.75, 3.05) is 11.9 Å². The molecule has 22 heavy (non-hydrogen) atoms. The number of amides is 1. The third kappa shape index (κ3) is 4.45. The summed E-state index contributed by atoms with van der Waals surface area (Å²) in [6.45, 7) is 6.10. The third-order valence-corrected chi connectivity index (χ3v) is 3.40. The Balaban J connectivity index is 1.88. The molecule has 4 nitrogen and oxygen atoms in total. The second kappa shape index (κ2) is 7.41. The molecule has 2 aromatic carbocycles. The van der Waals surface area contributed by atoms with Crippen LogP contribution in [0.1, 0.15) is 23.6 Å². The molecule has 0 atom stereocenters. The molecular formula is C18H21N3O. The molecule has 0 radical (unpaired) electrons. The van der Waals surface area contributed by atoms with Crippen LogP contribution in [0.2, 0.25) is 0 Å². The van der Waals surface area contributed by atoms with E-state index in [0.717, 1.165) is 22.5 Å². The fourth-order valence-electron chi connectivity index (χ4n) is 1.99. The first-order valence-corrected chi connectivity index (χ1v) is 7.26. The van der Waals surface area contributed by atoms with Crippen LogP contribution in [0.25, 0.3) is 0 Å². The van der Waals surface area contributed by atoms with E-state index in [1.165, 1.54) is 5.56 Å². The van der Waals surface area contributed by atoms with Gasteiger partial charge in [0.05, 0.1) is 12.3 Å². The van der Waals surface area contributed by atoms with Gasteiger partial charge in [-0.05, 0) is 38.0 Å². The predicted molar refractivity (Wildman–Crippen MR) is 91.2 cm³/mol. The molecular weight excluding hydrogens is 274 g/mol. The standard InChI is InChI=1S/C18H21N3O/c1-13-8-10-16(11-9-13)15(3)20-21-18(22)12-19-17-7-5-4-6-14(17)2/h4-11,19H,12H2,1-3H3,(H,21,22). The lowest BCUT2D eigenvalue weighted by Gasteiger charge is -2.08. The number of rotatable bonds is 5. The summed E-state index contributed by atoms with van der Waals surface area (Å²) in [5.41, 5.74) is 7.61. The van der Waals surface area contributed by atoms with Gasteiger partial charge in [0.25, 0.3) is 5.91 Å². The number of carbonyl (C=O) groups excluding carboxylic acids is 1. The summed E-state index contributed by atoms with van der Waals surface area (Å²) in [4.78, 5) is 11.8. The van der Waals surface area contributed by atoms with Crippen LogP contribution < -0.4 is 10.7 Å². The summed E-state index contributed by atoms with van der Waals surface area (Å²) in [6.07, 6.45) is 0. The zero-order chi connectivity index (χ0) is 15.9. The Labute approximate surface area is 131 Å². The molecule has 0 heterocycles. The van der Waals surface area contributed by atoms with Crippen molar-refractivity contribution < 1.29 is 4.79 Å². The van der Waals surface area contributed by atoms with E-state index < -0.39 is 0 Å². The number of carbonyl (C=O) groups is 1. The molecule has 0 saturated carbocycles. The minimum atomic E-state index is -0.172. The van der Waals surface area contributed by atoms with Crippen molar-refractivity contribution >= 4 is 17.3 Å². The van der Waals surface area contributed by atoms with Crippen LogP contribution in [0.4, 0.5) is 5.69 Å². The number of para-hydroxylation sites is 1. The Morgan fingerprint density at radius 3 is 2.41 bits per heavy atom. The lowest BCUT2D eigenvalue weighted by molar-refractivity contribution is -0.119. The van der Waals surface area contributed by atoms with E-state index >= 15 is 0 Å². The summed E-state index contributed by atoms with van der Waals surface area (Å²) in [6, 6.07) is 15.9. The van der Waals surface area contributed by atoms with Crippen molar-refractivity contribution in [3.05, 3.63) is 65.2 Å². The number of hydrazone groups is 1. The zero-order valence-corrected chi connectivity index (χ0v) is 13.2. The second-order valence-electron chi connectivity index (χ2n) is 5.27. The molecule has 0 saturated heterocycles. The molecule has 0 aromatic heterocycles. The van der Waals surface area contributed by atoms with Crippen molar-refractivity contribution in [2.45, 2.75) is 20.8 Å². The van der Waals surface area contributed by atoms with E-state index in [9.17, 15) is 4.79 Å². The highest BCUT2D eigenvalue weighted by Crippen LogP contribution is 2.12. The van der Waals surface area contributed by atoms with E-state index in [1.54, 1.807) is 0 Å². The predicted octanol–water partition coefficient (Wildman–Crippen LogP) is 3.26. The van der Waals surface area contributed by atoms with E-state index in [0.29, 0.717) is 0 Å². The van der Waals surface area contributed by atoms with Gasteiger partial charge in [-0.3, -0.25) is 4.79 Å². The van der Waals surface area contributed by atoms with Crippen LogP contribution in [-0.2, 0) is 4.79 Å². The van der Waals surface area contributed by atoms with Gasteiger partial charge >= 0.3 is 0 Å². The van der Waals surface area contributed by atoms with Crippen molar-refractivity contribution in [1.82, 2.24) is 5.43 Å². The van der Waals surface area contributed by atoms with Crippen LogP contribution in [0.15, 0.2) is 53.6 Å². The van der Waals surface area contributed by atoms with E-state index in [-0.39, 0.29) is 12.5 Å². The molecule has 0 bridgehead atoms. The summed E-state index contributed by atoms with van der Waals surface area (Å²) < 4.78 is 0. The maximum Gasteiger partial charge on any atom is 0.259 e. The Morgan fingerprint density at radius 1 is 1.05 bits per heavy atom. The average molecular weight is 295 g/mol. The van der Waals surface area contributed by atoms with Crippen molar-refractivity contribution in [1.29, 1.82) is 0 Å². The maximum absolute atomic E-state index is 11.8. The number of hydrogen-bond acceptors (Lipinski definition) is 3. The summed E-state index contributed by atoms with van der Waals surface area (Å²) in [5, 5.41) is 7.24. The molecule has 4 heteroatoms. The third-order valence-electron chi connectivity index (χ3n) is 3.40. The van der Waals surface area contributed by atoms with Gasteiger partial charge in [0.2, 0.25) is 0 Å². The van der Waals surface area contributed by atoms with Gasteiger partial charge in [-0.25, -0.2) is 5.43 Å². The smallest absolute Gasteiger partial charge is 0.259 e. The normalized spacial score (nSPS) is 11.1. The van der Waals surface area contributed by atoms with Gasteiger partial charge in [-0.1, -0.05) is 48.0 Å². The quantitative estimate of drug-likeness (QED) is 0.657. The highest BCUT2D eigenvalue weighted by Gasteiger charge is 2.02. The molecule has 114 valence electrons. The van der Waals surface area contributed by atoms with Gasteiger partial charge in [-0.15, -0.1) is 0 Å². The lowest BCUT2D eigenvalue weighted by atomic mass is 10.1. The van der Waals surface area contributed by atoms with Crippen LogP contribution >= 0.6 is 0 Å². The average Bonchev–Trinajstić information content (AvgIpc) is 2.52. The lowest BCUT2D eigenvalue weighted by Crippen LogP contribution is -2.27. The first-order valence-electron chi connectivity index (χ1n) is 7.26. The van der Waals surface area contributed by atoms with Gasteiger partial charge in [0, 0.05) is 5.69 Å². The first kappa shape index (κ1) is 15.8. The summed E-state index contributed by atoms with van der Waals surface area (Å²) >= 11 is 0. The second-order valence-corrected chi connectivity index (χ2v) is 5.27. The molecule has 0 spiro atoms. The molecule has 2 rings (SSSR count). The molecule has 2 aromatic rings. The number of nitrogens with one attached hydrogen (secondary N) is 2. The summed E-state index contributed by atoms with van der Waals surface area (Å²) in [7, 11) is 0. The highest BCUT2D eigenvalue weighted by atomic mass is 16.2.